The van der Waals surface area contributed by atoms with Crippen molar-refractivity contribution < 1.29 is 19.7 Å². The Bertz CT molecular complexity index is 661. The molecule has 0 bridgehead atoms. The van der Waals surface area contributed by atoms with Crippen molar-refractivity contribution in [3.8, 4) is 0 Å². The van der Waals surface area contributed by atoms with E-state index in [0.717, 1.165) is 0 Å². The lowest BCUT2D eigenvalue weighted by Crippen LogP contribution is -2.34. The Hall–Kier alpha value is -1.81. The second-order valence-electron chi connectivity index (χ2n) is 4.89. The van der Waals surface area contributed by atoms with E-state index in [2.05, 4.69) is 15.0 Å². The summed E-state index contributed by atoms with van der Waals surface area (Å²) in [5, 5.41) is 18.7. The summed E-state index contributed by atoms with van der Waals surface area (Å²) in [5.74, 6) is 0.298. The van der Waals surface area contributed by atoms with Crippen molar-refractivity contribution in [2.75, 3.05) is 12.3 Å². The molecule has 0 aliphatic carbocycles. The average molecular weight is 279 g/mol. The molecule has 20 heavy (non-hydrogen) atoms. The van der Waals surface area contributed by atoms with E-state index in [4.69, 9.17) is 20.3 Å². The molecule has 0 saturated carbocycles. The fourth-order valence-electron chi connectivity index (χ4n) is 2.64. The Kier molecular flexibility index (Phi) is 2.45. The van der Waals surface area contributed by atoms with E-state index in [9.17, 15) is 5.11 Å². The lowest BCUT2D eigenvalue weighted by atomic mass is 10.1. The summed E-state index contributed by atoms with van der Waals surface area (Å²) in [6.07, 6.45) is 0.582. The molecule has 2 aromatic heterocycles. The average Bonchev–Trinajstić information content (AvgIpc) is 2.96. The summed E-state index contributed by atoms with van der Waals surface area (Å²) in [4.78, 5) is 12.2. The van der Waals surface area contributed by atoms with E-state index < -0.39 is 18.4 Å². The summed E-state index contributed by atoms with van der Waals surface area (Å²) in [6, 6.07) is 0. The smallest absolute Gasteiger partial charge is 0.167 e. The Balaban J connectivity index is 1.70. The third-order valence-corrected chi connectivity index (χ3v) is 3.69. The minimum atomic E-state index is -0.968. The summed E-state index contributed by atoms with van der Waals surface area (Å²) in [7, 11) is 0. The maximum Gasteiger partial charge on any atom is 0.167 e. The van der Waals surface area contributed by atoms with Crippen LogP contribution in [0.2, 0.25) is 0 Å². The van der Waals surface area contributed by atoms with Gasteiger partial charge in [-0.3, -0.25) is 4.57 Å². The monoisotopic (exact) mass is 279 g/mol. The van der Waals surface area contributed by atoms with Gasteiger partial charge < -0.3 is 25.4 Å². The second-order valence-corrected chi connectivity index (χ2v) is 4.89. The number of aromatic nitrogens is 4. The second kappa shape index (κ2) is 4.09. The summed E-state index contributed by atoms with van der Waals surface area (Å²) in [5.41, 5.74) is 6.79. The molecule has 9 nitrogen and oxygen atoms in total. The van der Waals surface area contributed by atoms with Crippen LogP contribution in [-0.4, -0.2) is 60.8 Å². The number of rotatable bonds is 3. The molecule has 2 aliphatic rings. The Morgan fingerprint density at radius 1 is 1.30 bits per heavy atom. The van der Waals surface area contributed by atoms with Gasteiger partial charge in [-0.25, -0.2) is 15.0 Å². The van der Waals surface area contributed by atoms with Crippen molar-refractivity contribution in [3.05, 3.63) is 12.7 Å². The lowest BCUT2D eigenvalue weighted by molar-refractivity contribution is -0.120. The SMILES string of the molecule is Nc1ncnc2c1ncn2[C@@H]1O[C@H]([C@H](O)CO)[C@H]2O[C@H]21. The summed E-state index contributed by atoms with van der Waals surface area (Å²) < 4.78 is 13.0. The zero-order chi connectivity index (χ0) is 13.9. The molecule has 4 N–H and O–H groups in total. The maximum absolute atomic E-state index is 9.70. The molecule has 0 spiro atoms. The largest absolute Gasteiger partial charge is 0.394 e. The van der Waals surface area contributed by atoms with Crippen LogP contribution in [0, 0.1) is 0 Å². The molecule has 2 aliphatic heterocycles. The van der Waals surface area contributed by atoms with Crippen molar-refractivity contribution in [2.45, 2.75) is 30.6 Å². The van der Waals surface area contributed by atoms with Gasteiger partial charge in [0, 0.05) is 0 Å². The van der Waals surface area contributed by atoms with Gasteiger partial charge in [-0.1, -0.05) is 0 Å². The highest BCUT2D eigenvalue weighted by Crippen LogP contribution is 2.46. The number of anilines is 1. The van der Waals surface area contributed by atoms with Crippen LogP contribution in [0.5, 0.6) is 0 Å². The van der Waals surface area contributed by atoms with Crippen LogP contribution < -0.4 is 5.73 Å². The first-order valence-corrected chi connectivity index (χ1v) is 6.23. The van der Waals surface area contributed by atoms with Crippen LogP contribution in [-0.2, 0) is 9.47 Å². The molecule has 0 unspecified atom stereocenters. The third kappa shape index (κ3) is 1.54. The van der Waals surface area contributed by atoms with Gasteiger partial charge in [-0.05, 0) is 0 Å². The number of aliphatic hydroxyl groups is 2. The standard InChI is InChI=1S/C11H13N5O4/c12-9-5-10(14-2-13-9)16(3-15-5)11-8-7(19-8)6(20-11)4(18)1-17/h2-4,6-8,11,17-18H,1H2,(H2,12,13,14)/t4-,6-,7-,8-,11-/m1/s1. The molecule has 0 radical (unpaired) electrons. The molecule has 4 heterocycles. The van der Waals surface area contributed by atoms with Gasteiger partial charge in [0.2, 0.25) is 0 Å². The molecule has 0 aromatic carbocycles. The summed E-state index contributed by atoms with van der Waals surface area (Å²) >= 11 is 0. The molecule has 0 amide bonds. The van der Waals surface area contributed by atoms with Crippen LogP contribution in [0.25, 0.3) is 11.2 Å². The first-order valence-electron chi connectivity index (χ1n) is 6.23. The van der Waals surface area contributed by atoms with Crippen molar-refractivity contribution in [2.24, 2.45) is 0 Å². The van der Waals surface area contributed by atoms with Crippen molar-refractivity contribution >= 4 is 17.0 Å². The van der Waals surface area contributed by atoms with Gasteiger partial charge >= 0.3 is 0 Å². The van der Waals surface area contributed by atoms with E-state index in [-0.39, 0.29) is 18.8 Å². The minimum Gasteiger partial charge on any atom is -0.394 e. The highest BCUT2D eigenvalue weighted by atomic mass is 16.7. The Labute approximate surface area is 113 Å². The first kappa shape index (κ1) is 12.0. The van der Waals surface area contributed by atoms with E-state index in [1.165, 1.54) is 6.33 Å². The minimum absolute atomic E-state index is 0.171. The van der Waals surface area contributed by atoms with E-state index >= 15 is 0 Å². The highest BCUT2D eigenvalue weighted by Gasteiger charge is 2.60. The fourth-order valence-corrected chi connectivity index (χ4v) is 2.64. The van der Waals surface area contributed by atoms with Gasteiger partial charge in [0.25, 0.3) is 0 Å². The fraction of sp³-hybridized carbons (Fsp3) is 0.545. The van der Waals surface area contributed by atoms with Crippen LogP contribution in [0.3, 0.4) is 0 Å². The highest BCUT2D eigenvalue weighted by molar-refractivity contribution is 5.81. The third-order valence-electron chi connectivity index (χ3n) is 3.69. The predicted octanol–water partition coefficient (Wildman–Crippen LogP) is -1.57. The number of epoxide rings is 1. The number of nitrogen functional groups attached to an aromatic ring is 1. The molecule has 2 aromatic rings. The number of fused-ring (bicyclic) bond motifs is 2. The number of nitrogens with zero attached hydrogens (tertiary/aromatic N) is 4. The van der Waals surface area contributed by atoms with Gasteiger partial charge in [-0.15, -0.1) is 0 Å². The normalized spacial score (nSPS) is 33.3. The number of ether oxygens (including phenoxy) is 2. The number of hydrogen-bond acceptors (Lipinski definition) is 8. The quantitative estimate of drug-likeness (QED) is 0.574. The number of nitrogens with two attached hydrogens (primary N) is 1. The van der Waals surface area contributed by atoms with Crippen molar-refractivity contribution in [1.29, 1.82) is 0 Å². The Morgan fingerprint density at radius 2 is 2.15 bits per heavy atom. The van der Waals surface area contributed by atoms with Crippen LogP contribution in [0.4, 0.5) is 5.82 Å². The first-order chi connectivity index (χ1) is 9.70. The molecule has 4 rings (SSSR count). The Morgan fingerprint density at radius 3 is 2.95 bits per heavy atom. The molecule has 2 fully saturated rings. The summed E-state index contributed by atoms with van der Waals surface area (Å²) in [6.45, 7) is -0.371. The van der Waals surface area contributed by atoms with Crippen LogP contribution in [0.15, 0.2) is 12.7 Å². The van der Waals surface area contributed by atoms with Crippen molar-refractivity contribution in [1.82, 2.24) is 19.5 Å². The molecule has 2 saturated heterocycles. The van der Waals surface area contributed by atoms with Crippen molar-refractivity contribution in [3.63, 3.8) is 0 Å². The molecule has 9 heteroatoms. The van der Waals surface area contributed by atoms with Crippen LogP contribution in [0.1, 0.15) is 6.23 Å². The zero-order valence-electron chi connectivity index (χ0n) is 10.3. The topological polar surface area (TPSA) is 132 Å². The van der Waals surface area contributed by atoms with E-state index in [0.29, 0.717) is 17.0 Å². The molecular formula is C11H13N5O4. The van der Waals surface area contributed by atoms with Gasteiger partial charge in [0.05, 0.1) is 12.9 Å². The van der Waals surface area contributed by atoms with E-state index in [1.807, 2.05) is 0 Å². The number of hydrogen-bond donors (Lipinski definition) is 3. The molecule has 5 atom stereocenters. The maximum atomic E-state index is 9.70. The molecule has 106 valence electrons. The molecular weight excluding hydrogens is 266 g/mol. The van der Waals surface area contributed by atoms with Gasteiger partial charge in [-0.2, -0.15) is 0 Å². The number of imidazole rings is 1. The van der Waals surface area contributed by atoms with E-state index in [1.54, 1.807) is 10.9 Å². The predicted molar refractivity (Wildman–Crippen MR) is 65.4 cm³/mol. The lowest BCUT2D eigenvalue weighted by Gasteiger charge is -2.21. The van der Waals surface area contributed by atoms with Gasteiger partial charge in [0.15, 0.2) is 17.7 Å². The van der Waals surface area contributed by atoms with Gasteiger partial charge in [0.1, 0.15) is 36.3 Å². The van der Waals surface area contributed by atoms with Crippen LogP contribution >= 0.6 is 0 Å². The zero-order valence-corrected chi connectivity index (χ0v) is 10.3. The number of aliphatic hydroxyl groups excluding tert-OH is 2.